The van der Waals surface area contributed by atoms with Crippen LogP contribution in [0.3, 0.4) is 0 Å². The molecule has 2 N–H and O–H groups in total. The molecule has 0 saturated carbocycles. The molecule has 1 unspecified atom stereocenters. The Labute approximate surface area is 119 Å². The number of hydrogen-bond donors (Lipinski definition) is 2. The number of benzene rings is 1. The van der Waals surface area contributed by atoms with Crippen LogP contribution in [-0.2, 0) is 0 Å². The molecule has 0 amide bonds. The van der Waals surface area contributed by atoms with Crippen molar-refractivity contribution in [2.75, 3.05) is 0 Å². The third-order valence-electron chi connectivity index (χ3n) is 3.79. The van der Waals surface area contributed by atoms with Crippen LogP contribution in [0.1, 0.15) is 30.5 Å². The van der Waals surface area contributed by atoms with Gasteiger partial charge in [0.2, 0.25) is 0 Å². The molecule has 1 aromatic rings. The Morgan fingerprint density at radius 1 is 1.20 bits per heavy atom. The zero-order chi connectivity index (χ0) is 14.7. The highest BCUT2D eigenvalue weighted by Crippen LogP contribution is 2.30. The topological polar surface area (TPSA) is 60.1 Å². The van der Waals surface area contributed by atoms with Crippen LogP contribution in [0.4, 0.5) is 0 Å². The largest absolute Gasteiger partial charge is 0.281 e. The van der Waals surface area contributed by atoms with Gasteiger partial charge in [0.1, 0.15) is 0 Å². The highest BCUT2D eigenvalue weighted by Gasteiger charge is 2.13. The second-order valence-electron chi connectivity index (χ2n) is 5.12. The first kappa shape index (κ1) is 14.1. The molecule has 3 heteroatoms. The van der Waals surface area contributed by atoms with E-state index in [0.29, 0.717) is 11.5 Å². The second kappa shape index (κ2) is 5.78. The average Bonchev–Trinajstić information content (AvgIpc) is 2.61. The maximum atomic E-state index is 7.69. The van der Waals surface area contributed by atoms with Crippen molar-refractivity contribution in [3.8, 4) is 0 Å². The van der Waals surface area contributed by atoms with Gasteiger partial charge >= 0.3 is 0 Å². The molecule has 0 heterocycles. The van der Waals surface area contributed by atoms with E-state index in [1.165, 1.54) is 16.7 Å². The first-order valence-corrected chi connectivity index (χ1v) is 6.67. The minimum Gasteiger partial charge on any atom is -0.281 e. The van der Waals surface area contributed by atoms with Gasteiger partial charge in [-0.25, -0.2) is 5.53 Å². The fourth-order valence-electron chi connectivity index (χ4n) is 2.33. The molecular formula is C17H19N3. The van der Waals surface area contributed by atoms with E-state index < -0.39 is 0 Å². The summed E-state index contributed by atoms with van der Waals surface area (Å²) in [5.74, 6) is 0.386. The third-order valence-corrected chi connectivity index (χ3v) is 3.79. The van der Waals surface area contributed by atoms with Gasteiger partial charge in [0.05, 0.1) is 0 Å². The number of allylic oxidation sites excluding steroid dienone is 6. The van der Waals surface area contributed by atoms with Crippen LogP contribution < -0.4 is 0 Å². The fraction of sp³-hybridized carbons (Fsp3) is 0.235. The van der Waals surface area contributed by atoms with Crippen molar-refractivity contribution in [3.05, 3.63) is 64.8 Å². The summed E-state index contributed by atoms with van der Waals surface area (Å²) < 4.78 is 0. The van der Waals surface area contributed by atoms with Crippen molar-refractivity contribution in [2.24, 2.45) is 11.0 Å². The number of hydrogen-bond acceptors (Lipinski definition) is 2. The van der Waals surface area contributed by atoms with E-state index in [-0.39, 0.29) is 5.84 Å². The van der Waals surface area contributed by atoms with Gasteiger partial charge < -0.3 is 0 Å². The third kappa shape index (κ3) is 2.67. The molecule has 0 spiro atoms. The van der Waals surface area contributed by atoms with E-state index in [0.717, 1.165) is 5.56 Å². The summed E-state index contributed by atoms with van der Waals surface area (Å²) in [7, 11) is 0. The molecule has 1 aliphatic carbocycles. The maximum absolute atomic E-state index is 7.69. The Kier molecular flexibility index (Phi) is 4.08. The van der Waals surface area contributed by atoms with Gasteiger partial charge in [0.15, 0.2) is 5.84 Å². The molecule has 1 aliphatic rings. The number of amidine groups is 1. The highest BCUT2D eigenvalue weighted by molar-refractivity contribution is 5.97. The SMILES string of the molecule is CC1=C(c2cc(C(=N)N=N)ccc2C)C=CC=CC1C. The smallest absolute Gasteiger partial charge is 0.173 e. The molecule has 0 radical (unpaired) electrons. The van der Waals surface area contributed by atoms with Gasteiger partial charge in [-0.3, -0.25) is 5.41 Å². The van der Waals surface area contributed by atoms with Crippen LogP contribution in [0.15, 0.2) is 53.2 Å². The first-order chi connectivity index (χ1) is 9.54. The molecule has 102 valence electrons. The summed E-state index contributed by atoms with van der Waals surface area (Å²) in [4.78, 5) is 0. The molecule has 0 fully saturated rings. The van der Waals surface area contributed by atoms with Crippen LogP contribution in [0.5, 0.6) is 0 Å². The van der Waals surface area contributed by atoms with Gasteiger partial charge in [-0.05, 0) is 42.5 Å². The van der Waals surface area contributed by atoms with Gasteiger partial charge in [-0.2, -0.15) is 0 Å². The Balaban J connectivity index is 2.59. The van der Waals surface area contributed by atoms with Crippen LogP contribution in [-0.4, -0.2) is 5.84 Å². The van der Waals surface area contributed by atoms with Crippen LogP contribution in [0.25, 0.3) is 5.57 Å². The first-order valence-electron chi connectivity index (χ1n) is 6.67. The molecule has 0 aliphatic heterocycles. The van der Waals surface area contributed by atoms with Crippen LogP contribution >= 0.6 is 0 Å². The van der Waals surface area contributed by atoms with Crippen molar-refractivity contribution >= 4 is 11.4 Å². The van der Waals surface area contributed by atoms with Gasteiger partial charge in [0, 0.05) is 5.56 Å². The molecule has 0 saturated heterocycles. The van der Waals surface area contributed by atoms with Gasteiger partial charge in [0.25, 0.3) is 0 Å². The highest BCUT2D eigenvalue weighted by atomic mass is 15.0. The summed E-state index contributed by atoms with van der Waals surface area (Å²) in [6, 6.07) is 5.79. The minimum atomic E-state index is -0.00622. The summed E-state index contributed by atoms with van der Waals surface area (Å²) in [6.07, 6.45) is 8.41. The zero-order valence-corrected chi connectivity index (χ0v) is 12.1. The monoisotopic (exact) mass is 265 g/mol. The number of rotatable bonds is 2. The summed E-state index contributed by atoms with van der Waals surface area (Å²) in [6.45, 7) is 6.39. The van der Waals surface area contributed by atoms with Crippen molar-refractivity contribution in [3.63, 3.8) is 0 Å². The average molecular weight is 265 g/mol. The lowest BCUT2D eigenvalue weighted by Crippen LogP contribution is -2.00. The van der Waals surface area contributed by atoms with Gasteiger partial charge in [-0.1, -0.05) is 48.9 Å². The van der Waals surface area contributed by atoms with E-state index in [1.54, 1.807) is 0 Å². The van der Waals surface area contributed by atoms with Crippen molar-refractivity contribution in [1.82, 2.24) is 0 Å². The molecule has 1 atom stereocenters. The van der Waals surface area contributed by atoms with Crippen LogP contribution in [0, 0.1) is 23.8 Å². The Hall–Kier alpha value is -2.29. The fourth-order valence-corrected chi connectivity index (χ4v) is 2.33. The van der Waals surface area contributed by atoms with Crippen molar-refractivity contribution < 1.29 is 0 Å². The molecule has 2 rings (SSSR count). The van der Waals surface area contributed by atoms with E-state index in [2.05, 4.69) is 50.2 Å². The van der Waals surface area contributed by atoms with E-state index in [4.69, 9.17) is 10.9 Å². The summed E-state index contributed by atoms with van der Waals surface area (Å²) in [5.41, 5.74) is 12.4. The molecule has 0 aromatic heterocycles. The molecule has 3 nitrogen and oxygen atoms in total. The normalized spacial score (nSPS) is 18.1. The molecular weight excluding hydrogens is 246 g/mol. The minimum absolute atomic E-state index is 0.00622. The Morgan fingerprint density at radius 3 is 2.65 bits per heavy atom. The van der Waals surface area contributed by atoms with E-state index in [9.17, 15) is 0 Å². The predicted octanol–water partition coefficient (Wildman–Crippen LogP) is 4.89. The lowest BCUT2D eigenvalue weighted by molar-refractivity contribution is 0.869. The Bertz CT molecular complexity index is 648. The quantitative estimate of drug-likeness (QED) is 0.434. The van der Waals surface area contributed by atoms with E-state index >= 15 is 0 Å². The molecule has 20 heavy (non-hydrogen) atoms. The van der Waals surface area contributed by atoms with Crippen molar-refractivity contribution in [2.45, 2.75) is 20.8 Å². The lowest BCUT2D eigenvalue weighted by atomic mass is 9.90. The van der Waals surface area contributed by atoms with E-state index in [1.807, 2.05) is 18.2 Å². The number of nitrogens with zero attached hydrogens (tertiary/aromatic N) is 1. The van der Waals surface area contributed by atoms with Gasteiger partial charge in [-0.15, -0.1) is 5.11 Å². The molecule has 0 bridgehead atoms. The number of nitrogens with one attached hydrogen (secondary N) is 2. The summed E-state index contributed by atoms with van der Waals surface area (Å²) >= 11 is 0. The second-order valence-corrected chi connectivity index (χ2v) is 5.12. The zero-order valence-electron chi connectivity index (χ0n) is 12.1. The standard InChI is InChI=1S/C17H19N3/c1-11-6-4-5-7-15(13(11)3)16-10-14(17(18)20-19)9-8-12(16)2/h4-11,18-19H,1-3H3. The van der Waals surface area contributed by atoms with Crippen molar-refractivity contribution in [1.29, 1.82) is 10.9 Å². The lowest BCUT2D eigenvalue weighted by Gasteiger charge is -2.15. The molecule has 1 aromatic carbocycles. The Morgan fingerprint density at radius 2 is 1.95 bits per heavy atom. The number of aryl methyl sites for hydroxylation is 1. The summed E-state index contributed by atoms with van der Waals surface area (Å²) in [5, 5.41) is 10.9. The maximum Gasteiger partial charge on any atom is 0.173 e. The van der Waals surface area contributed by atoms with Crippen LogP contribution in [0.2, 0.25) is 0 Å². The predicted molar refractivity (Wildman–Crippen MR) is 83.2 cm³/mol.